The van der Waals surface area contributed by atoms with Gasteiger partial charge in [0.2, 0.25) is 5.91 Å². The van der Waals surface area contributed by atoms with Gasteiger partial charge in [-0.25, -0.2) is 0 Å². The van der Waals surface area contributed by atoms with Gasteiger partial charge < -0.3 is 11.1 Å². The zero-order chi connectivity index (χ0) is 18.4. The number of amides is 2. The molecule has 2 amide bonds. The fourth-order valence-electron chi connectivity index (χ4n) is 2.17. The van der Waals surface area contributed by atoms with E-state index in [9.17, 15) is 9.59 Å². The minimum absolute atomic E-state index is 0.0925. The van der Waals surface area contributed by atoms with E-state index in [1.54, 1.807) is 24.4 Å². The Morgan fingerprint density at radius 2 is 1.76 bits per heavy atom. The average molecular weight is 357 g/mol. The van der Waals surface area contributed by atoms with Crippen LogP contribution in [0.3, 0.4) is 0 Å². The van der Waals surface area contributed by atoms with E-state index in [4.69, 9.17) is 5.73 Å². The number of carbonyl (C=O) groups is 2. The molecule has 25 heavy (non-hydrogen) atoms. The number of nitrogens with two attached hydrogens (primary N) is 1. The van der Waals surface area contributed by atoms with Gasteiger partial charge in [0.15, 0.2) is 0 Å². The summed E-state index contributed by atoms with van der Waals surface area (Å²) in [6, 6.07) is 8.88. The van der Waals surface area contributed by atoms with Crippen LogP contribution in [-0.4, -0.2) is 33.8 Å². The maximum absolute atomic E-state index is 12.2. The van der Waals surface area contributed by atoms with Crippen molar-refractivity contribution in [2.45, 2.75) is 25.5 Å². The molecule has 0 aliphatic rings. The molecule has 5 nitrogen and oxygen atoms in total. The molecule has 6 heteroatoms. The van der Waals surface area contributed by atoms with Crippen molar-refractivity contribution in [1.29, 1.82) is 0 Å². The van der Waals surface area contributed by atoms with Crippen LogP contribution < -0.4 is 11.1 Å². The number of thioether (sulfide) groups is 1. The lowest BCUT2D eigenvalue weighted by Gasteiger charge is -2.17. The average Bonchev–Trinajstić information content (AvgIpc) is 2.58. The van der Waals surface area contributed by atoms with Gasteiger partial charge in [0.25, 0.3) is 5.91 Å². The topological polar surface area (TPSA) is 85.1 Å². The highest BCUT2D eigenvalue weighted by atomic mass is 32.2. The normalized spacial score (nSPS) is 11.2. The molecule has 0 radical (unpaired) electrons. The van der Waals surface area contributed by atoms with Gasteiger partial charge in [-0.3, -0.25) is 14.6 Å². The van der Waals surface area contributed by atoms with Crippen LogP contribution >= 0.6 is 11.8 Å². The van der Waals surface area contributed by atoms with Gasteiger partial charge in [0.1, 0.15) is 0 Å². The molecule has 2 aromatic rings. The quantitative estimate of drug-likeness (QED) is 0.778. The van der Waals surface area contributed by atoms with Crippen LogP contribution in [0.1, 0.15) is 41.5 Å². The first-order chi connectivity index (χ1) is 11.8. The van der Waals surface area contributed by atoms with Gasteiger partial charge >= 0.3 is 0 Å². The smallest absolute Gasteiger partial charge is 0.251 e. The summed E-state index contributed by atoms with van der Waals surface area (Å²) in [4.78, 5) is 27.4. The maximum atomic E-state index is 12.2. The predicted molar refractivity (Wildman–Crippen MR) is 103 cm³/mol. The number of nitrogens with zero attached hydrogens (tertiary/aromatic N) is 1. The number of hydrogen-bond acceptors (Lipinski definition) is 4. The summed E-state index contributed by atoms with van der Waals surface area (Å²) in [5.41, 5.74) is 7.89. The standard InChI is InChI=1S/C19H23N3O2S/c1-19(2,3)25-9-8-22-18(24)14-6-4-13(5-7-14)15-10-16(17(20)23)12-21-11-15/h4-7,10-12H,8-9H2,1-3H3,(H2,20,23)(H,22,24). The van der Waals surface area contributed by atoms with Crippen LogP contribution in [0.15, 0.2) is 42.7 Å². The molecule has 0 saturated heterocycles. The minimum atomic E-state index is -0.515. The fraction of sp³-hybridized carbons (Fsp3) is 0.316. The van der Waals surface area contributed by atoms with Crippen molar-refractivity contribution in [3.8, 4) is 11.1 Å². The number of carbonyl (C=O) groups excluding carboxylic acids is 2. The van der Waals surface area contributed by atoms with E-state index in [1.807, 2.05) is 23.9 Å². The molecule has 0 atom stereocenters. The van der Waals surface area contributed by atoms with Crippen molar-refractivity contribution in [3.63, 3.8) is 0 Å². The molecule has 1 aromatic heterocycles. The number of rotatable bonds is 6. The summed E-state index contributed by atoms with van der Waals surface area (Å²) in [7, 11) is 0. The Balaban J connectivity index is 1.98. The highest BCUT2D eigenvalue weighted by molar-refractivity contribution is 8.00. The van der Waals surface area contributed by atoms with E-state index in [0.717, 1.165) is 16.9 Å². The Morgan fingerprint density at radius 3 is 2.36 bits per heavy atom. The maximum Gasteiger partial charge on any atom is 0.251 e. The van der Waals surface area contributed by atoms with Crippen LogP contribution in [0.2, 0.25) is 0 Å². The van der Waals surface area contributed by atoms with Crippen molar-refractivity contribution in [2.75, 3.05) is 12.3 Å². The first-order valence-corrected chi connectivity index (χ1v) is 9.02. The van der Waals surface area contributed by atoms with E-state index in [2.05, 4.69) is 31.1 Å². The third-order valence-electron chi connectivity index (χ3n) is 3.43. The number of pyridine rings is 1. The highest BCUT2D eigenvalue weighted by Gasteiger charge is 2.11. The summed E-state index contributed by atoms with van der Waals surface area (Å²) < 4.78 is 0.194. The Bertz CT molecular complexity index is 752. The van der Waals surface area contributed by atoms with Gasteiger partial charge in [-0.05, 0) is 23.8 Å². The van der Waals surface area contributed by atoms with Crippen molar-refractivity contribution in [2.24, 2.45) is 5.73 Å². The fourth-order valence-corrected chi connectivity index (χ4v) is 2.99. The molecule has 132 valence electrons. The predicted octanol–water partition coefficient (Wildman–Crippen LogP) is 3.11. The summed E-state index contributed by atoms with van der Waals surface area (Å²) in [6.07, 6.45) is 3.09. The molecule has 0 unspecified atom stereocenters. The molecule has 0 spiro atoms. The van der Waals surface area contributed by atoms with Crippen molar-refractivity contribution >= 4 is 23.6 Å². The third-order valence-corrected chi connectivity index (χ3v) is 4.70. The molecule has 1 aromatic carbocycles. The molecule has 0 aliphatic carbocycles. The van der Waals surface area contributed by atoms with Crippen molar-refractivity contribution in [3.05, 3.63) is 53.9 Å². The molecule has 0 aliphatic heterocycles. The molecule has 0 fully saturated rings. The molecule has 0 saturated carbocycles. The van der Waals surface area contributed by atoms with Crippen LogP contribution in [0.25, 0.3) is 11.1 Å². The summed E-state index contributed by atoms with van der Waals surface area (Å²) >= 11 is 1.81. The van der Waals surface area contributed by atoms with E-state index in [0.29, 0.717) is 17.7 Å². The van der Waals surface area contributed by atoms with Gasteiger partial charge in [0, 0.05) is 40.6 Å². The molecular formula is C19H23N3O2S. The molecule has 0 bridgehead atoms. The van der Waals surface area contributed by atoms with Crippen LogP contribution in [0, 0.1) is 0 Å². The van der Waals surface area contributed by atoms with Gasteiger partial charge in [-0.2, -0.15) is 11.8 Å². The zero-order valence-electron chi connectivity index (χ0n) is 14.7. The zero-order valence-corrected chi connectivity index (χ0v) is 15.5. The van der Waals surface area contributed by atoms with Crippen LogP contribution in [-0.2, 0) is 0 Å². The second kappa shape index (κ2) is 8.16. The Labute approximate surface area is 152 Å². The second-order valence-corrected chi connectivity index (χ2v) is 8.54. The van der Waals surface area contributed by atoms with Gasteiger partial charge in [0.05, 0.1) is 5.56 Å². The van der Waals surface area contributed by atoms with Crippen LogP contribution in [0.4, 0.5) is 0 Å². The molecule has 1 heterocycles. The Hall–Kier alpha value is -2.34. The lowest BCUT2D eigenvalue weighted by molar-refractivity contribution is 0.0954. The molecule has 2 rings (SSSR count). The SMILES string of the molecule is CC(C)(C)SCCNC(=O)c1ccc(-c2cncc(C(N)=O)c2)cc1. The van der Waals surface area contributed by atoms with E-state index >= 15 is 0 Å². The monoisotopic (exact) mass is 357 g/mol. The third kappa shape index (κ3) is 5.90. The van der Waals surface area contributed by atoms with E-state index in [1.165, 1.54) is 6.20 Å². The summed E-state index contributed by atoms with van der Waals surface area (Å²) in [6.45, 7) is 7.09. The van der Waals surface area contributed by atoms with Crippen molar-refractivity contribution in [1.82, 2.24) is 10.3 Å². The van der Waals surface area contributed by atoms with Gasteiger partial charge in [-0.15, -0.1) is 0 Å². The van der Waals surface area contributed by atoms with Gasteiger partial charge in [-0.1, -0.05) is 32.9 Å². The molecule has 3 N–H and O–H groups in total. The highest BCUT2D eigenvalue weighted by Crippen LogP contribution is 2.22. The number of benzene rings is 1. The van der Waals surface area contributed by atoms with Crippen molar-refractivity contribution < 1.29 is 9.59 Å². The van der Waals surface area contributed by atoms with E-state index < -0.39 is 5.91 Å². The second-order valence-electron chi connectivity index (χ2n) is 6.62. The molecular weight excluding hydrogens is 334 g/mol. The largest absolute Gasteiger partial charge is 0.366 e. The van der Waals surface area contributed by atoms with E-state index in [-0.39, 0.29) is 10.7 Å². The minimum Gasteiger partial charge on any atom is -0.366 e. The number of nitrogens with one attached hydrogen (secondary N) is 1. The first-order valence-electron chi connectivity index (χ1n) is 8.04. The number of aromatic nitrogens is 1. The summed E-state index contributed by atoms with van der Waals surface area (Å²) in [5.74, 6) is 0.266. The lowest BCUT2D eigenvalue weighted by atomic mass is 10.0. The lowest BCUT2D eigenvalue weighted by Crippen LogP contribution is -2.26. The Morgan fingerprint density at radius 1 is 1.08 bits per heavy atom. The number of hydrogen-bond donors (Lipinski definition) is 2. The Kier molecular flexibility index (Phi) is 6.20. The number of primary amides is 1. The first kappa shape index (κ1) is 19.0. The van der Waals surface area contributed by atoms with Crippen LogP contribution in [0.5, 0.6) is 0 Å². The summed E-state index contributed by atoms with van der Waals surface area (Å²) in [5, 5.41) is 2.92.